The molecule has 5 rings (SSSR count). The molecule has 2 atom stereocenters. The van der Waals surface area contributed by atoms with Crippen molar-refractivity contribution in [3.8, 4) is 0 Å². The van der Waals surface area contributed by atoms with Gasteiger partial charge in [0.2, 0.25) is 11.9 Å². The van der Waals surface area contributed by atoms with Crippen molar-refractivity contribution in [2.24, 2.45) is 0 Å². The average molecular weight is 442 g/mol. The maximum Gasteiger partial charge on any atom is 0.250 e. The van der Waals surface area contributed by atoms with Crippen molar-refractivity contribution in [3.63, 3.8) is 0 Å². The number of nitrogens with zero attached hydrogens (tertiary/aromatic N) is 3. The van der Waals surface area contributed by atoms with Gasteiger partial charge in [-0.1, -0.05) is 72.8 Å². The van der Waals surface area contributed by atoms with E-state index in [0.717, 1.165) is 16.7 Å². The summed E-state index contributed by atoms with van der Waals surface area (Å²) < 4.78 is 15.3. The highest BCUT2D eigenvalue weighted by atomic mass is 19.1. The van der Waals surface area contributed by atoms with Gasteiger partial charge < -0.3 is 5.32 Å². The third kappa shape index (κ3) is 4.77. The molecule has 2 heterocycles. The maximum atomic E-state index is 13.5. The Morgan fingerprint density at radius 1 is 0.970 bits per heavy atom. The second-order valence-corrected chi connectivity index (χ2v) is 8.15. The Kier molecular flexibility index (Phi) is 5.85. The van der Waals surface area contributed by atoms with Gasteiger partial charge in [-0.05, 0) is 41.7 Å². The number of rotatable bonds is 6. The van der Waals surface area contributed by atoms with Gasteiger partial charge in [0.25, 0.3) is 5.95 Å². The van der Waals surface area contributed by atoms with E-state index in [1.807, 2.05) is 48.5 Å². The molecule has 0 fully saturated rings. The van der Waals surface area contributed by atoms with Crippen LogP contribution in [0.15, 0.2) is 84.9 Å². The molecular weight excluding hydrogens is 417 g/mol. The fraction of sp³-hybridized carbons (Fsp3) is 0.192. The number of aryl methyl sites for hydroxylation is 1. The van der Waals surface area contributed by atoms with Crippen LogP contribution >= 0.6 is 0 Å². The summed E-state index contributed by atoms with van der Waals surface area (Å²) in [5.41, 5.74) is 3.17. The van der Waals surface area contributed by atoms with Crippen molar-refractivity contribution >= 4 is 17.8 Å². The second-order valence-electron chi connectivity index (χ2n) is 8.15. The number of carbonyl (C=O) groups excluding carboxylic acids is 1. The minimum atomic E-state index is -0.280. The van der Waals surface area contributed by atoms with Crippen LogP contribution in [-0.4, -0.2) is 20.7 Å². The van der Waals surface area contributed by atoms with Crippen LogP contribution in [0, 0.1) is 5.82 Å². The number of aromatic nitrogens is 3. The van der Waals surface area contributed by atoms with E-state index < -0.39 is 0 Å². The van der Waals surface area contributed by atoms with Gasteiger partial charge >= 0.3 is 0 Å². The van der Waals surface area contributed by atoms with Crippen LogP contribution < -0.4 is 10.6 Å². The average Bonchev–Trinajstić information content (AvgIpc) is 3.26. The molecule has 0 spiro atoms. The Balaban J connectivity index is 1.38. The Labute approximate surface area is 191 Å². The first kappa shape index (κ1) is 20.9. The fourth-order valence-corrected chi connectivity index (χ4v) is 4.19. The van der Waals surface area contributed by atoms with Gasteiger partial charge in [-0.25, -0.2) is 9.07 Å². The SMILES string of the molecule is O=C(CCc1ccccc1)Nc1nc2n(n1)[C@H](c1ccc(F)cc1)C[C@H](c1ccccc1)N2. The van der Waals surface area contributed by atoms with Crippen LogP contribution in [0.25, 0.3) is 0 Å². The molecule has 0 unspecified atom stereocenters. The summed E-state index contributed by atoms with van der Waals surface area (Å²) in [7, 11) is 0. The monoisotopic (exact) mass is 441 g/mol. The molecule has 0 saturated heterocycles. The number of anilines is 2. The van der Waals surface area contributed by atoms with Gasteiger partial charge in [-0.15, -0.1) is 5.10 Å². The lowest BCUT2D eigenvalue weighted by atomic mass is 9.93. The molecule has 1 aromatic heterocycles. The lowest BCUT2D eigenvalue weighted by Gasteiger charge is -2.31. The number of halogens is 1. The summed E-state index contributed by atoms with van der Waals surface area (Å²) in [5, 5.41) is 10.8. The molecular formula is C26H24FN5O. The van der Waals surface area contributed by atoms with E-state index in [-0.39, 0.29) is 29.8 Å². The van der Waals surface area contributed by atoms with Crippen LogP contribution in [0.3, 0.4) is 0 Å². The van der Waals surface area contributed by atoms with Gasteiger partial charge in [-0.2, -0.15) is 4.98 Å². The van der Waals surface area contributed by atoms with Crippen molar-refractivity contribution in [1.82, 2.24) is 14.8 Å². The zero-order valence-electron chi connectivity index (χ0n) is 18.0. The molecule has 4 aromatic rings. The predicted molar refractivity (Wildman–Crippen MR) is 125 cm³/mol. The molecule has 0 radical (unpaired) electrons. The predicted octanol–water partition coefficient (Wildman–Crippen LogP) is 5.13. The zero-order chi connectivity index (χ0) is 22.6. The van der Waals surface area contributed by atoms with E-state index in [0.29, 0.717) is 25.2 Å². The van der Waals surface area contributed by atoms with Crippen molar-refractivity contribution < 1.29 is 9.18 Å². The first-order chi connectivity index (χ1) is 16.2. The second kappa shape index (κ2) is 9.24. The lowest BCUT2D eigenvalue weighted by molar-refractivity contribution is -0.116. The van der Waals surface area contributed by atoms with E-state index in [1.54, 1.807) is 16.8 Å². The van der Waals surface area contributed by atoms with Crippen LogP contribution in [0.2, 0.25) is 0 Å². The number of nitrogens with one attached hydrogen (secondary N) is 2. The van der Waals surface area contributed by atoms with Gasteiger partial charge in [0.15, 0.2) is 0 Å². The summed E-state index contributed by atoms with van der Waals surface area (Å²) in [6.07, 6.45) is 1.70. The van der Waals surface area contributed by atoms with Crippen LogP contribution in [0.4, 0.5) is 16.3 Å². The Bertz CT molecular complexity index is 1220. The fourth-order valence-electron chi connectivity index (χ4n) is 4.19. The van der Waals surface area contributed by atoms with E-state index in [2.05, 4.69) is 32.8 Å². The Morgan fingerprint density at radius 3 is 2.39 bits per heavy atom. The van der Waals surface area contributed by atoms with Crippen molar-refractivity contribution in [2.75, 3.05) is 10.6 Å². The zero-order valence-corrected chi connectivity index (χ0v) is 18.0. The first-order valence-electron chi connectivity index (χ1n) is 11.0. The number of fused-ring (bicyclic) bond motifs is 1. The molecule has 166 valence electrons. The molecule has 0 saturated carbocycles. The first-order valence-corrected chi connectivity index (χ1v) is 11.0. The number of hydrogen-bond donors (Lipinski definition) is 2. The minimum absolute atomic E-state index is 0.0135. The molecule has 7 heteroatoms. The highest BCUT2D eigenvalue weighted by Crippen LogP contribution is 2.38. The number of hydrogen-bond acceptors (Lipinski definition) is 4. The third-order valence-electron chi connectivity index (χ3n) is 5.88. The quantitative estimate of drug-likeness (QED) is 0.435. The number of benzene rings is 3. The van der Waals surface area contributed by atoms with E-state index >= 15 is 0 Å². The molecule has 1 amide bonds. The summed E-state index contributed by atoms with van der Waals surface area (Å²) in [5.74, 6) is 0.413. The van der Waals surface area contributed by atoms with Gasteiger partial charge in [0.1, 0.15) is 5.82 Å². The van der Waals surface area contributed by atoms with E-state index in [9.17, 15) is 9.18 Å². The normalized spacial score (nSPS) is 17.1. The van der Waals surface area contributed by atoms with E-state index in [4.69, 9.17) is 0 Å². The molecule has 3 aromatic carbocycles. The maximum absolute atomic E-state index is 13.5. The summed E-state index contributed by atoms with van der Waals surface area (Å²) in [6.45, 7) is 0. The van der Waals surface area contributed by atoms with Crippen LogP contribution in [0.5, 0.6) is 0 Å². The smallest absolute Gasteiger partial charge is 0.250 e. The van der Waals surface area contributed by atoms with Gasteiger partial charge in [0.05, 0.1) is 12.1 Å². The topological polar surface area (TPSA) is 71.8 Å². The van der Waals surface area contributed by atoms with Crippen LogP contribution in [0.1, 0.15) is 41.6 Å². The van der Waals surface area contributed by atoms with Crippen molar-refractivity contribution in [1.29, 1.82) is 0 Å². The van der Waals surface area contributed by atoms with Crippen molar-refractivity contribution in [2.45, 2.75) is 31.3 Å². The largest absolute Gasteiger partial charge is 0.347 e. The molecule has 1 aliphatic heterocycles. The van der Waals surface area contributed by atoms with Gasteiger partial charge in [-0.3, -0.25) is 10.1 Å². The highest BCUT2D eigenvalue weighted by Gasteiger charge is 2.31. The standard InChI is InChI=1S/C26H24FN5O/c27-21-14-12-20(13-15-21)23-17-22(19-9-5-2-6-10-19)28-26-30-25(31-32(23)26)29-24(33)16-11-18-7-3-1-4-8-18/h1-10,12-15,22-23H,11,16-17H2,(H2,28,29,30,31,33)/t22-,23+/m1/s1. The molecule has 1 aliphatic rings. The minimum Gasteiger partial charge on any atom is -0.347 e. The Morgan fingerprint density at radius 2 is 1.67 bits per heavy atom. The molecule has 6 nitrogen and oxygen atoms in total. The lowest BCUT2D eigenvalue weighted by Crippen LogP contribution is -2.28. The number of carbonyl (C=O) groups is 1. The third-order valence-corrected chi connectivity index (χ3v) is 5.88. The molecule has 2 N–H and O–H groups in total. The van der Waals surface area contributed by atoms with Crippen LogP contribution in [-0.2, 0) is 11.2 Å². The van der Waals surface area contributed by atoms with Crippen molar-refractivity contribution in [3.05, 3.63) is 107 Å². The highest BCUT2D eigenvalue weighted by molar-refractivity contribution is 5.89. The van der Waals surface area contributed by atoms with Gasteiger partial charge in [0, 0.05) is 6.42 Å². The molecule has 0 bridgehead atoms. The number of amides is 1. The van der Waals surface area contributed by atoms with E-state index in [1.165, 1.54) is 12.1 Å². The summed E-state index contributed by atoms with van der Waals surface area (Å²) in [4.78, 5) is 17.1. The summed E-state index contributed by atoms with van der Waals surface area (Å²) >= 11 is 0. The Hall–Kier alpha value is -4.00. The molecule has 33 heavy (non-hydrogen) atoms. The summed E-state index contributed by atoms with van der Waals surface area (Å²) in [6, 6.07) is 26.3. The molecule has 0 aliphatic carbocycles.